The largest absolute Gasteiger partial charge is 0.457 e. The van der Waals surface area contributed by atoms with Gasteiger partial charge in [-0.25, -0.2) is 0 Å². The van der Waals surface area contributed by atoms with E-state index >= 15 is 0 Å². The normalized spacial score (nSPS) is 12.0. The zero-order chi connectivity index (χ0) is 23.0. The summed E-state index contributed by atoms with van der Waals surface area (Å²) in [7, 11) is 0. The second kappa shape index (κ2) is 10.7. The topological polar surface area (TPSA) is 83.6 Å². The van der Waals surface area contributed by atoms with E-state index in [1.165, 1.54) is 11.1 Å². The van der Waals surface area contributed by atoms with Gasteiger partial charge in [0.25, 0.3) is 0 Å². The Morgan fingerprint density at radius 3 is 2.76 bits per heavy atom. The summed E-state index contributed by atoms with van der Waals surface area (Å²) >= 11 is 0. The molecule has 1 heterocycles. The maximum Gasteiger partial charge on any atom is 0.133 e. The van der Waals surface area contributed by atoms with Crippen LogP contribution < -0.4 is 10.5 Å². The van der Waals surface area contributed by atoms with Gasteiger partial charge in [-0.1, -0.05) is 49.7 Å². The zero-order valence-corrected chi connectivity index (χ0v) is 18.8. The number of H-pyrrole nitrogens is 1. The smallest absolute Gasteiger partial charge is 0.133 e. The Bertz CT molecular complexity index is 1290. The number of hydrogen-bond acceptors (Lipinski definition) is 4. The highest BCUT2D eigenvalue weighted by atomic mass is 16.5. The van der Waals surface area contributed by atoms with Gasteiger partial charge in [0, 0.05) is 40.1 Å². The van der Waals surface area contributed by atoms with E-state index in [0.29, 0.717) is 23.7 Å². The van der Waals surface area contributed by atoms with E-state index in [2.05, 4.69) is 41.2 Å². The van der Waals surface area contributed by atoms with Crippen LogP contribution in [0.4, 0.5) is 0 Å². The first-order valence-electron chi connectivity index (χ1n) is 11.2. The molecule has 0 aliphatic rings. The number of nitrogens with zero attached hydrogens (tertiary/aromatic N) is 1. The number of aliphatic hydroxyl groups is 1. The van der Waals surface area contributed by atoms with Crippen molar-refractivity contribution in [2.45, 2.75) is 32.9 Å². The predicted molar refractivity (Wildman–Crippen MR) is 136 cm³/mol. The van der Waals surface area contributed by atoms with E-state index in [0.717, 1.165) is 34.9 Å². The molecule has 5 heteroatoms. The Morgan fingerprint density at radius 2 is 1.91 bits per heavy atom. The summed E-state index contributed by atoms with van der Waals surface area (Å²) < 4.78 is 6.09. The zero-order valence-electron chi connectivity index (χ0n) is 18.8. The lowest BCUT2D eigenvalue weighted by atomic mass is 10.1. The van der Waals surface area contributed by atoms with Crippen LogP contribution in [0.2, 0.25) is 0 Å². The molecule has 168 valence electrons. The molecule has 0 atom stereocenters. The van der Waals surface area contributed by atoms with Crippen molar-refractivity contribution in [2.24, 2.45) is 10.7 Å². The Balaban J connectivity index is 1.45. The van der Waals surface area contributed by atoms with Gasteiger partial charge in [0.05, 0.1) is 13.2 Å². The number of aliphatic imine (C=N–C) groups is 1. The number of allylic oxidation sites excluding steroid dienone is 1. The van der Waals surface area contributed by atoms with Crippen LogP contribution in [-0.4, -0.2) is 16.3 Å². The Kier molecular flexibility index (Phi) is 7.22. The van der Waals surface area contributed by atoms with Gasteiger partial charge in [0.15, 0.2) is 0 Å². The summed E-state index contributed by atoms with van der Waals surface area (Å²) in [5.41, 5.74) is 12.0. The number of aliphatic hydroxyl groups excluding tert-OH is 1. The van der Waals surface area contributed by atoms with E-state index in [4.69, 9.17) is 10.5 Å². The molecule has 4 aromatic rings. The fourth-order valence-electron chi connectivity index (χ4n) is 3.86. The molecule has 0 aliphatic heterocycles. The Hall–Kier alpha value is -3.83. The van der Waals surface area contributed by atoms with E-state index in [1.807, 2.05) is 48.7 Å². The van der Waals surface area contributed by atoms with Crippen molar-refractivity contribution in [3.8, 4) is 11.5 Å². The summed E-state index contributed by atoms with van der Waals surface area (Å²) in [6.07, 6.45) is 7.63. The molecule has 0 radical (unpaired) electrons. The number of nitrogens with two attached hydrogens (primary N) is 1. The van der Waals surface area contributed by atoms with Gasteiger partial charge in [-0.3, -0.25) is 4.99 Å². The maximum atomic E-state index is 9.86. The summed E-state index contributed by atoms with van der Waals surface area (Å²) in [6.45, 7) is 2.70. The summed E-state index contributed by atoms with van der Waals surface area (Å²) in [5.74, 6) is 1.27. The minimum Gasteiger partial charge on any atom is -0.457 e. The molecule has 0 spiro atoms. The summed E-state index contributed by atoms with van der Waals surface area (Å²) in [6, 6.07) is 21.9. The average Bonchev–Trinajstić information content (AvgIpc) is 3.31. The van der Waals surface area contributed by atoms with Crippen LogP contribution in [0.25, 0.3) is 16.6 Å². The molecule has 4 rings (SSSR count). The fourth-order valence-corrected chi connectivity index (χ4v) is 3.86. The maximum absolute atomic E-state index is 9.86. The highest BCUT2D eigenvalue weighted by molar-refractivity contribution is 5.85. The molecule has 0 amide bonds. The molecule has 0 saturated carbocycles. The third-order valence-corrected chi connectivity index (χ3v) is 5.52. The number of benzene rings is 3. The second-order valence-electron chi connectivity index (χ2n) is 7.95. The van der Waals surface area contributed by atoms with Crippen molar-refractivity contribution in [3.05, 3.63) is 101 Å². The number of nitrogens with one attached hydrogen (secondary N) is 1. The van der Waals surface area contributed by atoms with E-state index < -0.39 is 0 Å². The molecule has 0 saturated heterocycles. The van der Waals surface area contributed by atoms with E-state index in [1.54, 1.807) is 12.3 Å². The van der Waals surface area contributed by atoms with Gasteiger partial charge in [-0.15, -0.1) is 0 Å². The SMILES string of the molecule is CCCc1cccc(CN=C/C=C(\N)c2cccc(Oc3ccc4[nH]ccc4c3CO)c2)c1. The minimum absolute atomic E-state index is 0.107. The van der Waals surface area contributed by atoms with Crippen molar-refractivity contribution in [2.75, 3.05) is 0 Å². The molecule has 33 heavy (non-hydrogen) atoms. The average molecular weight is 440 g/mol. The van der Waals surface area contributed by atoms with Crippen LogP contribution >= 0.6 is 0 Å². The van der Waals surface area contributed by atoms with Gasteiger partial charge in [-0.2, -0.15) is 0 Å². The lowest BCUT2D eigenvalue weighted by Gasteiger charge is -2.12. The number of aryl methyl sites for hydroxylation is 1. The molecule has 0 fully saturated rings. The Labute approximate surface area is 194 Å². The van der Waals surface area contributed by atoms with Crippen molar-refractivity contribution in [1.82, 2.24) is 4.98 Å². The molecule has 1 aromatic heterocycles. The number of fused-ring (bicyclic) bond motifs is 1. The monoisotopic (exact) mass is 439 g/mol. The first-order valence-corrected chi connectivity index (χ1v) is 11.2. The molecule has 0 unspecified atom stereocenters. The van der Waals surface area contributed by atoms with Gasteiger partial charge < -0.3 is 20.6 Å². The van der Waals surface area contributed by atoms with Crippen LogP contribution in [0.15, 0.2) is 84.0 Å². The first-order chi connectivity index (χ1) is 16.2. The minimum atomic E-state index is -0.107. The fraction of sp³-hybridized carbons (Fsp3) is 0.179. The van der Waals surface area contributed by atoms with Crippen LogP contribution in [0.3, 0.4) is 0 Å². The quantitative estimate of drug-likeness (QED) is 0.281. The first kappa shape index (κ1) is 22.4. The van der Waals surface area contributed by atoms with Crippen LogP contribution in [-0.2, 0) is 19.6 Å². The number of ether oxygens (including phenoxy) is 1. The highest BCUT2D eigenvalue weighted by Crippen LogP contribution is 2.32. The van der Waals surface area contributed by atoms with Crippen LogP contribution in [0.5, 0.6) is 11.5 Å². The van der Waals surface area contributed by atoms with Gasteiger partial charge >= 0.3 is 0 Å². The van der Waals surface area contributed by atoms with Crippen molar-refractivity contribution in [1.29, 1.82) is 0 Å². The molecular weight excluding hydrogens is 410 g/mol. The number of aromatic nitrogens is 1. The molecule has 3 aromatic carbocycles. The lowest BCUT2D eigenvalue weighted by molar-refractivity contribution is 0.278. The van der Waals surface area contributed by atoms with Crippen molar-refractivity contribution in [3.63, 3.8) is 0 Å². The third kappa shape index (κ3) is 5.51. The van der Waals surface area contributed by atoms with Crippen molar-refractivity contribution >= 4 is 22.8 Å². The third-order valence-electron chi connectivity index (χ3n) is 5.52. The highest BCUT2D eigenvalue weighted by Gasteiger charge is 2.10. The standard InChI is InChI=1S/C28H29N3O2/c1-2-5-20-6-3-7-21(16-20)18-30-14-13-26(29)22-8-4-9-23(17-22)33-28-11-10-27-24(12-15-31-27)25(28)19-32/h3-4,6-17,31-32H,2,5,18-19,29H2,1H3/b26-13-,30-14?. The number of hydrogen-bond donors (Lipinski definition) is 3. The van der Waals surface area contributed by atoms with Gasteiger partial charge in [0.2, 0.25) is 0 Å². The molecule has 5 nitrogen and oxygen atoms in total. The summed E-state index contributed by atoms with van der Waals surface area (Å²) in [4.78, 5) is 7.65. The Morgan fingerprint density at radius 1 is 1.06 bits per heavy atom. The van der Waals surface area contributed by atoms with E-state index in [-0.39, 0.29) is 6.61 Å². The van der Waals surface area contributed by atoms with Crippen LogP contribution in [0, 0.1) is 0 Å². The summed E-state index contributed by atoms with van der Waals surface area (Å²) in [5, 5.41) is 10.8. The second-order valence-corrected chi connectivity index (χ2v) is 7.95. The molecule has 4 N–H and O–H groups in total. The van der Waals surface area contributed by atoms with E-state index in [9.17, 15) is 5.11 Å². The predicted octanol–water partition coefficient (Wildman–Crippen LogP) is 5.98. The molecular formula is C28H29N3O2. The van der Waals surface area contributed by atoms with Crippen molar-refractivity contribution < 1.29 is 9.84 Å². The lowest BCUT2D eigenvalue weighted by Crippen LogP contribution is -1.98. The van der Waals surface area contributed by atoms with Gasteiger partial charge in [0.1, 0.15) is 11.5 Å². The number of rotatable bonds is 9. The van der Waals surface area contributed by atoms with Crippen LogP contribution in [0.1, 0.15) is 35.6 Å². The number of aromatic amines is 1. The molecule has 0 bridgehead atoms. The van der Waals surface area contributed by atoms with Gasteiger partial charge in [-0.05, 0) is 54.0 Å². The molecule has 0 aliphatic carbocycles.